The van der Waals surface area contributed by atoms with Gasteiger partial charge in [-0.15, -0.1) is 0 Å². The minimum atomic E-state index is -0.280. The molecular weight excluding hydrogens is 252 g/mol. The number of hydrogen-bond acceptors (Lipinski definition) is 4. The highest BCUT2D eigenvalue weighted by Gasteiger charge is 2.16. The molecule has 102 valence electrons. The monoisotopic (exact) mass is 268 g/mol. The Labute approximate surface area is 118 Å². The van der Waals surface area contributed by atoms with Gasteiger partial charge in [0, 0.05) is 19.1 Å². The summed E-state index contributed by atoms with van der Waals surface area (Å²) in [4.78, 5) is 15.7. The Balaban J connectivity index is 2.07. The first-order chi connectivity index (χ1) is 9.61. The van der Waals surface area contributed by atoms with Crippen molar-refractivity contribution in [1.82, 2.24) is 0 Å². The van der Waals surface area contributed by atoms with Crippen LogP contribution in [0.3, 0.4) is 0 Å². The van der Waals surface area contributed by atoms with Crippen molar-refractivity contribution < 1.29 is 9.53 Å². The van der Waals surface area contributed by atoms with Gasteiger partial charge in [-0.05, 0) is 31.0 Å². The summed E-state index contributed by atoms with van der Waals surface area (Å²) in [6.45, 7) is 4.06. The molecule has 1 heterocycles. The Morgan fingerprint density at radius 2 is 2.25 bits per heavy atom. The second-order valence-electron chi connectivity index (χ2n) is 4.73. The molecule has 2 rings (SSSR count). The smallest absolute Gasteiger partial charge is 0.335 e. The number of ether oxygens (including phenoxy) is 1. The lowest BCUT2D eigenvalue weighted by atomic mass is 10.0. The van der Waals surface area contributed by atoms with Crippen LogP contribution in [0, 0.1) is 18.3 Å². The van der Waals surface area contributed by atoms with Crippen LogP contribution in [0.2, 0.25) is 0 Å². The molecular formula is C16H16N2O2. The predicted octanol–water partition coefficient (Wildman–Crippen LogP) is 2.70. The molecule has 0 fully saturated rings. The molecule has 0 saturated carbocycles. The third-order valence-corrected chi connectivity index (χ3v) is 3.30. The quantitative estimate of drug-likeness (QED) is 0.625. The second kappa shape index (κ2) is 6.16. The first-order valence-electron chi connectivity index (χ1n) is 6.51. The van der Waals surface area contributed by atoms with E-state index in [0.29, 0.717) is 30.6 Å². The lowest BCUT2D eigenvalue weighted by Gasteiger charge is -2.13. The highest BCUT2D eigenvalue weighted by atomic mass is 16.5. The summed E-state index contributed by atoms with van der Waals surface area (Å²) in [5.41, 5.74) is 4.14. The average molecular weight is 268 g/mol. The minimum Gasteiger partial charge on any atom is -0.462 e. The zero-order valence-corrected chi connectivity index (χ0v) is 11.6. The topological polar surface area (TPSA) is 62.4 Å². The van der Waals surface area contributed by atoms with E-state index in [1.54, 1.807) is 13.1 Å². The van der Waals surface area contributed by atoms with Gasteiger partial charge in [-0.25, -0.2) is 4.79 Å². The maximum atomic E-state index is 11.4. The SMILES string of the molecule is CC1=C(N=CCc2ccc(C#N)c(C)c2)CCOC1=O. The van der Waals surface area contributed by atoms with Crippen molar-refractivity contribution in [3.8, 4) is 6.07 Å². The fourth-order valence-electron chi connectivity index (χ4n) is 2.05. The van der Waals surface area contributed by atoms with Crippen molar-refractivity contribution in [2.75, 3.05) is 6.61 Å². The number of cyclic esters (lactones) is 1. The molecule has 4 nitrogen and oxygen atoms in total. The Kier molecular flexibility index (Phi) is 4.31. The van der Waals surface area contributed by atoms with Crippen molar-refractivity contribution in [2.24, 2.45) is 4.99 Å². The van der Waals surface area contributed by atoms with E-state index in [9.17, 15) is 4.79 Å². The number of benzene rings is 1. The number of aryl methyl sites for hydroxylation is 1. The number of carbonyl (C=O) groups excluding carboxylic acids is 1. The van der Waals surface area contributed by atoms with E-state index >= 15 is 0 Å². The molecule has 0 aliphatic carbocycles. The van der Waals surface area contributed by atoms with Crippen LogP contribution in [0.15, 0.2) is 34.5 Å². The van der Waals surface area contributed by atoms with E-state index in [-0.39, 0.29) is 5.97 Å². The minimum absolute atomic E-state index is 0.280. The van der Waals surface area contributed by atoms with Crippen molar-refractivity contribution >= 4 is 12.2 Å². The van der Waals surface area contributed by atoms with Crippen LogP contribution in [-0.4, -0.2) is 18.8 Å². The number of hydrogen-bond donors (Lipinski definition) is 0. The molecule has 0 saturated heterocycles. The third kappa shape index (κ3) is 3.12. The van der Waals surface area contributed by atoms with Crippen molar-refractivity contribution in [2.45, 2.75) is 26.7 Å². The van der Waals surface area contributed by atoms with E-state index in [0.717, 1.165) is 16.8 Å². The number of nitrogens with zero attached hydrogens (tertiary/aromatic N) is 2. The summed E-state index contributed by atoms with van der Waals surface area (Å²) in [7, 11) is 0. The second-order valence-corrected chi connectivity index (χ2v) is 4.73. The summed E-state index contributed by atoms with van der Waals surface area (Å²) in [5, 5.41) is 8.88. The van der Waals surface area contributed by atoms with E-state index in [1.165, 1.54) is 0 Å². The number of nitriles is 1. The number of carbonyl (C=O) groups is 1. The molecule has 1 aliphatic rings. The van der Waals surface area contributed by atoms with Gasteiger partial charge in [0.05, 0.1) is 29.5 Å². The molecule has 0 spiro atoms. The Morgan fingerprint density at radius 1 is 1.45 bits per heavy atom. The van der Waals surface area contributed by atoms with E-state index in [2.05, 4.69) is 11.1 Å². The van der Waals surface area contributed by atoms with Gasteiger partial charge in [0.1, 0.15) is 0 Å². The van der Waals surface area contributed by atoms with Crippen molar-refractivity contribution in [3.63, 3.8) is 0 Å². The standard InChI is InChI=1S/C16H16N2O2/c1-11-9-13(3-4-14(11)10-17)5-7-18-15-6-8-20-16(19)12(15)2/h3-4,7,9H,5-6,8H2,1-2H3. The summed E-state index contributed by atoms with van der Waals surface area (Å²) >= 11 is 0. The summed E-state index contributed by atoms with van der Waals surface area (Å²) in [6, 6.07) is 7.88. The lowest BCUT2D eigenvalue weighted by molar-refractivity contribution is -0.140. The summed E-state index contributed by atoms with van der Waals surface area (Å²) in [5.74, 6) is -0.280. The fourth-order valence-corrected chi connectivity index (χ4v) is 2.05. The highest BCUT2D eigenvalue weighted by Crippen LogP contribution is 2.17. The lowest BCUT2D eigenvalue weighted by Crippen LogP contribution is -2.15. The van der Waals surface area contributed by atoms with Gasteiger partial charge in [-0.1, -0.05) is 12.1 Å². The maximum Gasteiger partial charge on any atom is 0.335 e. The molecule has 0 unspecified atom stereocenters. The third-order valence-electron chi connectivity index (χ3n) is 3.30. The molecule has 1 aromatic carbocycles. The molecule has 4 heteroatoms. The maximum absolute atomic E-state index is 11.4. The van der Waals surface area contributed by atoms with Crippen LogP contribution < -0.4 is 0 Å². The zero-order valence-electron chi connectivity index (χ0n) is 11.6. The van der Waals surface area contributed by atoms with Gasteiger partial charge in [-0.2, -0.15) is 5.26 Å². The Morgan fingerprint density at radius 3 is 2.95 bits per heavy atom. The number of esters is 1. The first kappa shape index (κ1) is 14.0. The molecule has 0 atom stereocenters. The molecule has 0 N–H and O–H groups in total. The molecule has 1 aromatic rings. The molecule has 0 amide bonds. The Bertz CT molecular complexity index is 636. The van der Waals surface area contributed by atoms with Gasteiger partial charge >= 0.3 is 5.97 Å². The van der Waals surface area contributed by atoms with Gasteiger partial charge < -0.3 is 4.74 Å². The average Bonchev–Trinajstić information content (AvgIpc) is 2.44. The largest absolute Gasteiger partial charge is 0.462 e. The van der Waals surface area contributed by atoms with Crippen LogP contribution in [0.1, 0.15) is 30.0 Å². The van der Waals surface area contributed by atoms with E-state index in [4.69, 9.17) is 10.00 Å². The van der Waals surface area contributed by atoms with Crippen LogP contribution in [0.5, 0.6) is 0 Å². The zero-order chi connectivity index (χ0) is 14.5. The number of rotatable bonds is 3. The molecule has 20 heavy (non-hydrogen) atoms. The van der Waals surface area contributed by atoms with Crippen LogP contribution >= 0.6 is 0 Å². The van der Waals surface area contributed by atoms with Crippen molar-refractivity contribution in [3.05, 3.63) is 46.2 Å². The Hall–Kier alpha value is -2.41. The van der Waals surface area contributed by atoms with E-state index in [1.807, 2.05) is 25.1 Å². The molecule has 0 radical (unpaired) electrons. The van der Waals surface area contributed by atoms with Crippen LogP contribution in [0.25, 0.3) is 0 Å². The van der Waals surface area contributed by atoms with Gasteiger partial charge in [0.15, 0.2) is 0 Å². The fraction of sp³-hybridized carbons (Fsp3) is 0.312. The predicted molar refractivity (Wildman–Crippen MR) is 76.4 cm³/mol. The van der Waals surface area contributed by atoms with Crippen LogP contribution in [0.4, 0.5) is 0 Å². The normalized spacial score (nSPS) is 15.3. The van der Waals surface area contributed by atoms with Crippen molar-refractivity contribution in [1.29, 1.82) is 5.26 Å². The first-order valence-corrected chi connectivity index (χ1v) is 6.51. The molecule has 1 aliphatic heterocycles. The summed E-state index contributed by atoms with van der Waals surface area (Å²) < 4.78 is 4.92. The summed E-state index contributed by atoms with van der Waals surface area (Å²) in [6.07, 6.45) is 3.15. The van der Waals surface area contributed by atoms with Gasteiger partial charge in [-0.3, -0.25) is 4.99 Å². The van der Waals surface area contributed by atoms with Gasteiger partial charge in [0.25, 0.3) is 0 Å². The molecule has 0 aromatic heterocycles. The number of aliphatic imine (C=N–C) groups is 1. The van der Waals surface area contributed by atoms with Gasteiger partial charge in [0.2, 0.25) is 0 Å². The van der Waals surface area contributed by atoms with E-state index < -0.39 is 0 Å². The molecule has 0 bridgehead atoms. The highest BCUT2D eigenvalue weighted by molar-refractivity contribution is 5.89. The van der Waals surface area contributed by atoms with Crippen LogP contribution in [-0.2, 0) is 16.0 Å².